The van der Waals surface area contributed by atoms with Crippen molar-refractivity contribution in [3.8, 4) is 0 Å². The van der Waals surface area contributed by atoms with Gasteiger partial charge in [0.2, 0.25) is 23.6 Å². The molecule has 2 unspecified atom stereocenters. The fraction of sp³-hybridized carbons (Fsp3) is 0.673. The second kappa shape index (κ2) is 34.1. The van der Waals surface area contributed by atoms with Gasteiger partial charge in [-0.25, -0.2) is 4.79 Å². The summed E-state index contributed by atoms with van der Waals surface area (Å²) in [5.41, 5.74) is 1.50. The number of amides is 6. The number of hydrogen-bond donors (Lipinski definition) is 5. The standard InChI is InChI=1S/C47H71N7O8.C4H8S2.CH4O/c1-6-34(4)43(46(59)49-31-38-19-13-14-23-48-38)52-44(57)39(33(2)3)21-20-37(29-35-15-9-7-10-16-35)51-41(55)32-50-45(58)40(30-36-17-11-8-12-18-36)62-47(60)53(5)24-22-42(56)54-25-27-61-28-26-54;1-4-5-2-3-6-4;1-2/h8,11-14,17-19,23,33-35,37,39-40,43H,6-7,9-10,15-16,20-22,24-32H2,1-5H3,(H,49,59)(H,50,58)(H,51,55)(H,52,57);4H,2-3H2,1H3;2H,1H3/t34-,37?,39+,40+,43?;;/m1../s1. The first-order valence-corrected chi connectivity index (χ1v) is 27.4. The Bertz CT molecular complexity index is 1830. The van der Waals surface area contributed by atoms with Crippen LogP contribution in [0.2, 0.25) is 0 Å². The summed E-state index contributed by atoms with van der Waals surface area (Å²) in [6, 6.07) is 13.7. The molecule has 2 aromatic rings. The highest BCUT2D eigenvalue weighted by atomic mass is 32.2. The number of thioether (sulfide) groups is 2. The normalized spacial score (nSPS) is 17.2. The summed E-state index contributed by atoms with van der Waals surface area (Å²) in [5, 5.41) is 18.9. The van der Waals surface area contributed by atoms with Gasteiger partial charge in [-0.3, -0.25) is 29.0 Å². The summed E-state index contributed by atoms with van der Waals surface area (Å²) < 4.78 is 11.9. The second-order valence-electron chi connectivity index (χ2n) is 18.6. The summed E-state index contributed by atoms with van der Waals surface area (Å²) in [6.07, 6.45) is 8.00. The molecule has 16 nitrogen and oxygen atoms in total. The van der Waals surface area contributed by atoms with Crippen molar-refractivity contribution >= 4 is 59.2 Å². The molecule has 6 amide bonds. The summed E-state index contributed by atoms with van der Waals surface area (Å²) >= 11 is 4.12. The predicted molar refractivity (Wildman–Crippen MR) is 279 cm³/mol. The van der Waals surface area contributed by atoms with Crippen LogP contribution in [0.3, 0.4) is 0 Å². The fourth-order valence-electron chi connectivity index (χ4n) is 8.56. The largest absolute Gasteiger partial charge is 0.436 e. The van der Waals surface area contributed by atoms with Gasteiger partial charge >= 0.3 is 6.09 Å². The number of pyridine rings is 1. The van der Waals surface area contributed by atoms with Crippen LogP contribution in [0.1, 0.15) is 110 Å². The predicted octanol–water partition coefficient (Wildman–Crippen LogP) is 6.20. The maximum Gasteiger partial charge on any atom is 0.410 e. The quantitative estimate of drug-likeness (QED) is 0.0844. The highest BCUT2D eigenvalue weighted by Crippen LogP contribution is 2.31. The van der Waals surface area contributed by atoms with Crippen LogP contribution >= 0.6 is 23.5 Å². The molecule has 18 heteroatoms. The van der Waals surface area contributed by atoms with Gasteiger partial charge in [-0.15, -0.1) is 23.5 Å². The molecular weight excluding hydrogens is 931 g/mol. The van der Waals surface area contributed by atoms with E-state index in [4.69, 9.17) is 14.6 Å². The molecule has 5 N–H and O–H groups in total. The summed E-state index contributed by atoms with van der Waals surface area (Å²) in [7, 11) is 2.52. The first-order valence-electron chi connectivity index (χ1n) is 25.3. The van der Waals surface area contributed by atoms with E-state index >= 15 is 0 Å². The van der Waals surface area contributed by atoms with Crippen LogP contribution in [-0.2, 0) is 46.4 Å². The van der Waals surface area contributed by atoms with Crippen molar-refractivity contribution in [2.75, 3.05) is 65.1 Å². The molecule has 1 aromatic heterocycles. The Morgan fingerprint density at radius 1 is 0.871 bits per heavy atom. The highest BCUT2D eigenvalue weighted by molar-refractivity contribution is 8.20. The molecule has 0 radical (unpaired) electrons. The summed E-state index contributed by atoms with van der Waals surface area (Å²) in [5.74, 6) is 1.11. The van der Waals surface area contributed by atoms with Gasteiger partial charge in [-0.05, 0) is 61.6 Å². The van der Waals surface area contributed by atoms with Crippen LogP contribution in [0, 0.1) is 23.7 Å². The smallest absolute Gasteiger partial charge is 0.410 e. The van der Waals surface area contributed by atoms with E-state index in [-0.39, 0.29) is 74.0 Å². The maximum atomic E-state index is 13.9. The minimum Gasteiger partial charge on any atom is -0.436 e. The van der Waals surface area contributed by atoms with Crippen molar-refractivity contribution in [3.05, 3.63) is 66.0 Å². The van der Waals surface area contributed by atoms with Crippen molar-refractivity contribution in [2.45, 2.75) is 135 Å². The van der Waals surface area contributed by atoms with E-state index in [2.05, 4.69) is 56.7 Å². The summed E-state index contributed by atoms with van der Waals surface area (Å²) in [6.45, 7) is 12.2. The molecule has 0 spiro atoms. The third-order valence-electron chi connectivity index (χ3n) is 13.0. The number of benzene rings is 1. The van der Waals surface area contributed by atoms with Crippen molar-refractivity contribution in [1.29, 1.82) is 0 Å². The minimum absolute atomic E-state index is 0.0250. The topological polar surface area (TPSA) is 209 Å². The number of aliphatic hydroxyl groups excluding tert-OH is 1. The minimum atomic E-state index is -1.23. The van der Waals surface area contributed by atoms with E-state index < -0.39 is 30.1 Å². The lowest BCUT2D eigenvalue weighted by molar-refractivity contribution is -0.135. The molecule has 5 rings (SSSR count). The monoisotopic (exact) mass is 1010 g/mol. The SMILES string of the molecule is CC1SCCS1.CC[C@@H](C)C(NC(=O)[C@@H](CCC(CC1CCCCC1)NC(=O)CNC(=O)[C@H](Cc1ccccc1)OC(=O)N(C)CCC(=O)N1CCOCC1)C(C)C)C(=O)NCc1ccccn1.CO. The third kappa shape index (κ3) is 22.8. The Kier molecular flexibility index (Phi) is 29.2. The number of aromatic nitrogens is 1. The van der Waals surface area contributed by atoms with E-state index in [0.29, 0.717) is 51.5 Å². The molecule has 70 heavy (non-hydrogen) atoms. The number of rotatable bonds is 23. The van der Waals surface area contributed by atoms with Crippen LogP contribution in [0.5, 0.6) is 0 Å². The van der Waals surface area contributed by atoms with Crippen LogP contribution in [-0.4, -0.2) is 143 Å². The van der Waals surface area contributed by atoms with Crippen LogP contribution in [0.25, 0.3) is 0 Å². The Morgan fingerprint density at radius 3 is 2.14 bits per heavy atom. The van der Waals surface area contributed by atoms with Gasteiger partial charge < -0.3 is 45.6 Å². The second-order valence-corrected chi connectivity index (χ2v) is 21.8. The first-order chi connectivity index (χ1) is 33.7. The number of carbonyl (C=O) groups excluding carboxylic acids is 6. The van der Waals surface area contributed by atoms with Crippen LogP contribution in [0.15, 0.2) is 54.7 Å². The molecule has 5 atom stereocenters. The molecule has 2 aliphatic heterocycles. The number of nitrogens with one attached hydrogen (secondary N) is 4. The van der Waals surface area contributed by atoms with Gasteiger partial charge in [-0.1, -0.05) is 103 Å². The molecule has 392 valence electrons. The van der Waals surface area contributed by atoms with Crippen LogP contribution < -0.4 is 21.3 Å². The van der Waals surface area contributed by atoms with E-state index in [1.165, 1.54) is 29.9 Å². The third-order valence-corrected chi connectivity index (χ3v) is 15.9. The number of ether oxygens (including phenoxy) is 2. The zero-order valence-corrected chi connectivity index (χ0v) is 44.5. The molecule has 3 aliphatic rings. The first kappa shape index (κ1) is 59.9. The average molecular weight is 1010 g/mol. The van der Waals surface area contributed by atoms with E-state index in [9.17, 15) is 28.8 Å². The van der Waals surface area contributed by atoms with Crippen molar-refractivity contribution < 1.29 is 43.3 Å². The van der Waals surface area contributed by atoms with Gasteiger partial charge in [0, 0.05) is 80.9 Å². The van der Waals surface area contributed by atoms with Crippen molar-refractivity contribution in [3.63, 3.8) is 0 Å². The van der Waals surface area contributed by atoms with Gasteiger partial charge in [0.1, 0.15) is 6.04 Å². The molecule has 2 saturated heterocycles. The molecule has 1 aliphatic carbocycles. The van der Waals surface area contributed by atoms with Gasteiger partial charge in [0.05, 0.1) is 32.0 Å². The Hall–Kier alpha value is -4.39. The van der Waals surface area contributed by atoms with Gasteiger partial charge in [0.25, 0.3) is 5.91 Å². The van der Waals surface area contributed by atoms with Gasteiger partial charge in [0.15, 0.2) is 6.10 Å². The maximum absolute atomic E-state index is 13.9. The van der Waals surface area contributed by atoms with Crippen molar-refractivity contribution in [2.24, 2.45) is 23.7 Å². The zero-order valence-electron chi connectivity index (χ0n) is 42.8. The van der Waals surface area contributed by atoms with E-state index in [0.717, 1.165) is 55.1 Å². The Labute approximate surface area is 426 Å². The van der Waals surface area contributed by atoms with E-state index in [1.54, 1.807) is 11.1 Å². The molecular formula is C52H83N7O9S2. The highest BCUT2D eigenvalue weighted by Gasteiger charge is 2.32. The Morgan fingerprint density at radius 2 is 1.54 bits per heavy atom. The number of nitrogens with zero attached hydrogens (tertiary/aromatic N) is 3. The van der Waals surface area contributed by atoms with Gasteiger partial charge in [-0.2, -0.15) is 0 Å². The molecule has 1 aromatic carbocycles. The number of hydrogen-bond acceptors (Lipinski definition) is 12. The lowest BCUT2D eigenvalue weighted by Gasteiger charge is -2.30. The lowest BCUT2D eigenvalue weighted by Crippen LogP contribution is -2.52. The molecule has 3 fully saturated rings. The zero-order chi connectivity index (χ0) is 51.3. The van der Waals surface area contributed by atoms with Crippen molar-refractivity contribution in [1.82, 2.24) is 36.1 Å². The number of aliphatic hydroxyl groups is 1. The molecule has 0 bridgehead atoms. The number of morpholine rings is 1. The lowest BCUT2D eigenvalue weighted by atomic mass is 9.82. The summed E-state index contributed by atoms with van der Waals surface area (Å²) in [4.78, 5) is 87.7. The Balaban J connectivity index is 0.00000148. The molecule has 1 saturated carbocycles. The molecule has 3 heterocycles. The van der Waals surface area contributed by atoms with E-state index in [1.807, 2.05) is 76.2 Å². The van der Waals surface area contributed by atoms with Crippen LogP contribution in [0.4, 0.5) is 4.79 Å². The average Bonchev–Trinajstić information content (AvgIpc) is 3.87. The number of carbonyl (C=O) groups is 6. The fourth-order valence-corrected chi connectivity index (χ4v) is 11.0.